The average molecular weight is 488 g/mol. The van der Waals surface area contributed by atoms with Gasteiger partial charge in [-0.3, -0.25) is 4.79 Å². The monoisotopic (exact) mass is 487 g/mol. The van der Waals surface area contributed by atoms with Crippen LogP contribution < -0.4 is 19.1 Å². The van der Waals surface area contributed by atoms with Gasteiger partial charge in [0.15, 0.2) is 16.6 Å². The van der Waals surface area contributed by atoms with Gasteiger partial charge in [-0.1, -0.05) is 38.1 Å². The molecule has 0 spiro atoms. The highest BCUT2D eigenvalue weighted by Crippen LogP contribution is 2.34. The van der Waals surface area contributed by atoms with Crippen molar-refractivity contribution in [1.82, 2.24) is 10.3 Å². The Bertz CT molecular complexity index is 1200. The van der Waals surface area contributed by atoms with Gasteiger partial charge in [0.2, 0.25) is 5.91 Å². The first kappa shape index (κ1) is 23.1. The van der Waals surface area contributed by atoms with E-state index in [2.05, 4.69) is 10.3 Å². The number of sulfonamides is 1. The van der Waals surface area contributed by atoms with Crippen molar-refractivity contribution in [2.24, 2.45) is 5.92 Å². The summed E-state index contributed by atoms with van der Waals surface area (Å²) in [6, 6.07) is 13.3. The zero-order chi connectivity index (χ0) is 23.4. The largest absolute Gasteiger partial charge is 0.486 e. The minimum absolute atomic E-state index is 0.0514. The summed E-state index contributed by atoms with van der Waals surface area (Å²) in [5.41, 5.74) is 0.856. The van der Waals surface area contributed by atoms with Gasteiger partial charge in [-0.2, -0.15) is 0 Å². The van der Waals surface area contributed by atoms with Crippen LogP contribution >= 0.6 is 11.3 Å². The van der Waals surface area contributed by atoms with E-state index >= 15 is 0 Å². The first-order chi connectivity index (χ1) is 15.9. The number of amides is 1. The van der Waals surface area contributed by atoms with E-state index in [1.54, 1.807) is 23.6 Å². The second kappa shape index (κ2) is 9.80. The standard InChI is InChI=1S/C23H25N3O5S2/c1-16(2)22(17-8-9-19-20(14-17)31-12-11-30-19)25-21(27)15-26(23-24-10-13-32-23)33(28,29)18-6-4-3-5-7-18/h3-10,13-14,16,22H,11-12,15H2,1-2H3,(H,25,27)/t22-/m0/s1. The Kier molecular flexibility index (Phi) is 6.85. The Labute approximate surface area is 197 Å². The average Bonchev–Trinajstić information content (AvgIpc) is 3.35. The minimum atomic E-state index is -3.97. The Morgan fingerprint density at radius 3 is 2.52 bits per heavy atom. The number of nitrogens with one attached hydrogen (secondary N) is 1. The van der Waals surface area contributed by atoms with Crippen LogP contribution in [0.2, 0.25) is 0 Å². The van der Waals surface area contributed by atoms with Gasteiger partial charge in [-0.05, 0) is 35.7 Å². The van der Waals surface area contributed by atoms with E-state index in [0.717, 1.165) is 21.2 Å². The Balaban J connectivity index is 1.57. The second-order valence-electron chi connectivity index (χ2n) is 7.83. The number of ether oxygens (including phenoxy) is 2. The molecule has 0 unspecified atom stereocenters. The lowest BCUT2D eigenvalue weighted by Gasteiger charge is -2.27. The van der Waals surface area contributed by atoms with Gasteiger partial charge in [0.05, 0.1) is 10.9 Å². The number of carbonyl (C=O) groups excluding carboxylic acids is 1. The summed E-state index contributed by atoms with van der Waals surface area (Å²) in [6.45, 7) is 4.55. The molecule has 0 aliphatic carbocycles. The van der Waals surface area contributed by atoms with Crippen LogP contribution in [0.25, 0.3) is 0 Å². The van der Waals surface area contributed by atoms with Crippen LogP contribution in [0.1, 0.15) is 25.5 Å². The highest BCUT2D eigenvalue weighted by Gasteiger charge is 2.30. The van der Waals surface area contributed by atoms with Gasteiger partial charge in [-0.15, -0.1) is 11.3 Å². The SMILES string of the molecule is CC(C)[C@H](NC(=O)CN(c1nccs1)S(=O)(=O)c1ccccc1)c1ccc2c(c1)OCCO2. The molecule has 3 aromatic rings. The summed E-state index contributed by atoms with van der Waals surface area (Å²) in [5.74, 6) is 0.922. The molecule has 2 aromatic carbocycles. The molecule has 33 heavy (non-hydrogen) atoms. The lowest BCUT2D eigenvalue weighted by Crippen LogP contribution is -2.43. The number of benzene rings is 2. The fourth-order valence-corrected chi connectivity index (χ4v) is 5.82. The summed E-state index contributed by atoms with van der Waals surface area (Å²) in [6.07, 6.45) is 1.51. The highest BCUT2D eigenvalue weighted by molar-refractivity contribution is 7.93. The minimum Gasteiger partial charge on any atom is -0.486 e. The third-order valence-corrected chi connectivity index (χ3v) is 7.82. The number of carbonyl (C=O) groups is 1. The molecule has 4 rings (SSSR count). The molecule has 1 atom stereocenters. The predicted octanol–water partition coefficient (Wildman–Crippen LogP) is 3.62. The summed E-state index contributed by atoms with van der Waals surface area (Å²) < 4.78 is 38.9. The van der Waals surface area contributed by atoms with Gasteiger partial charge in [0, 0.05) is 11.6 Å². The molecule has 1 aliphatic heterocycles. The maximum Gasteiger partial charge on any atom is 0.266 e. The molecular formula is C23H25N3O5S2. The van der Waals surface area contributed by atoms with E-state index in [4.69, 9.17) is 9.47 Å². The first-order valence-electron chi connectivity index (χ1n) is 10.5. The third-order valence-electron chi connectivity index (χ3n) is 5.16. The highest BCUT2D eigenvalue weighted by atomic mass is 32.2. The van der Waals surface area contributed by atoms with Gasteiger partial charge < -0.3 is 14.8 Å². The van der Waals surface area contributed by atoms with E-state index < -0.39 is 22.5 Å². The maximum absolute atomic E-state index is 13.3. The van der Waals surface area contributed by atoms with Crippen molar-refractivity contribution in [2.45, 2.75) is 24.8 Å². The zero-order valence-electron chi connectivity index (χ0n) is 18.3. The molecule has 1 aromatic heterocycles. The molecule has 0 radical (unpaired) electrons. The predicted molar refractivity (Wildman–Crippen MR) is 126 cm³/mol. The molecule has 1 aliphatic rings. The normalized spacial score (nSPS) is 14.0. The van der Waals surface area contributed by atoms with E-state index in [9.17, 15) is 13.2 Å². The summed E-state index contributed by atoms with van der Waals surface area (Å²) in [5, 5.41) is 4.90. The summed E-state index contributed by atoms with van der Waals surface area (Å²) in [7, 11) is -3.97. The van der Waals surface area contributed by atoms with E-state index in [-0.39, 0.29) is 22.0 Å². The van der Waals surface area contributed by atoms with Crippen molar-refractivity contribution in [3.05, 3.63) is 65.7 Å². The van der Waals surface area contributed by atoms with Gasteiger partial charge >= 0.3 is 0 Å². The lowest BCUT2D eigenvalue weighted by molar-refractivity contribution is -0.120. The van der Waals surface area contributed by atoms with Crippen molar-refractivity contribution in [2.75, 3.05) is 24.1 Å². The Hall–Kier alpha value is -3.11. The van der Waals surface area contributed by atoms with E-state index in [0.29, 0.717) is 24.7 Å². The number of thiazole rings is 1. The zero-order valence-corrected chi connectivity index (χ0v) is 19.9. The topological polar surface area (TPSA) is 97.8 Å². The Morgan fingerprint density at radius 2 is 1.85 bits per heavy atom. The number of fused-ring (bicyclic) bond motifs is 1. The fourth-order valence-electron chi connectivity index (χ4n) is 3.55. The number of anilines is 1. The molecule has 10 heteroatoms. The number of hydrogen-bond donors (Lipinski definition) is 1. The smallest absolute Gasteiger partial charge is 0.266 e. The van der Waals surface area contributed by atoms with Gasteiger partial charge in [-0.25, -0.2) is 17.7 Å². The maximum atomic E-state index is 13.3. The van der Waals surface area contributed by atoms with Crippen molar-refractivity contribution >= 4 is 32.4 Å². The first-order valence-corrected chi connectivity index (χ1v) is 12.8. The lowest BCUT2D eigenvalue weighted by atomic mass is 9.95. The quantitative estimate of drug-likeness (QED) is 0.521. The van der Waals surface area contributed by atoms with Crippen molar-refractivity contribution in [3.63, 3.8) is 0 Å². The molecule has 0 saturated carbocycles. The van der Waals surface area contributed by atoms with Crippen LogP contribution in [-0.4, -0.2) is 39.1 Å². The molecule has 0 fully saturated rings. The van der Waals surface area contributed by atoms with Gasteiger partial charge in [0.25, 0.3) is 10.0 Å². The summed E-state index contributed by atoms with van der Waals surface area (Å²) in [4.78, 5) is 17.3. The fraction of sp³-hybridized carbons (Fsp3) is 0.304. The van der Waals surface area contributed by atoms with Crippen LogP contribution in [0.5, 0.6) is 11.5 Å². The number of aromatic nitrogens is 1. The van der Waals surface area contributed by atoms with E-state index in [1.807, 2.05) is 32.0 Å². The molecule has 1 N–H and O–H groups in total. The van der Waals surface area contributed by atoms with Crippen molar-refractivity contribution in [3.8, 4) is 11.5 Å². The Morgan fingerprint density at radius 1 is 1.12 bits per heavy atom. The number of nitrogens with zero attached hydrogens (tertiary/aromatic N) is 2. The molecule has 1 amide bonds. The molecule has 0 bridgehead atoms. The number of hydrogen-bond acceptors (Lipinski definition) is 7. The number of rotatable bonds is 8. The molecule has 174 valence electrons. The van der Waals surface area contributed by atoms with Crippen molar-refractivity contribution < 1.29 is 22.7 Å². The summed E-state index contributed by atoms with van der Waals surface area (Å²) >= 11 is 1.16. The third kappa shape index (κ3) is 5.12. The molecule has 8 nitrogen and oxygen atoms in total. The molecular weight excluding hydrogens is 462 g/mol. The van der Waals surface area contributed by atoms with Gasteiger partial charge in [0.1, 0.15) is 19.8 Å². The van der Waals surface area contributed by atoms with Crippen molar-refractivity contribution in [1.29, 1.82) is 0 Å². The van der Waals surface area contributed by atoms with E-state index in [1.165, 1.54) is 18.3 Å². The van der Waals surface area contributed by atoms with Crippen LogP contribution in [0.4, 0.5) is 5.13 Å². The van der Waals surface area contributed by atoms with Crippen LogP contribution in [-0.2, 0) is 14.8 Å². The molecule has 2 heterocycles. The van der Waals surface area contributed by atoms with Crippen LogP contribution in [0.15, 0.2) is 65.0 Å². The second-order valence-corrected chi connectivity index (χ2v) is 10.6. The molecule has 0 saturated heterocycles. The van der Waals surface area contributed by atoms with Crippen LogP contribution in [0.3, 0.4) is 0 Å². The van der Waals surface area contributed by atoms with Crippen LogP contribution in [0, 0.1) is 5.92 Å².